The summed E-state index contributed by atoms with van der Waals surface area (Å²) in [4.78, 5) is 3.75. The lowest BCUT2D eigenvalue weighted by atomic mass is 10.1. The fourth-order valence-electron chi connectivity index (χ4n) is 2.83. The Morgan fingerprint density at radius 3 is 2.07 bits per heavy atom. The zero-order valence-corrected chi connectivity index (χ0v) is 16.7. The smallest absolute Gasteiger partial charge is 0.241 e. The molecule has 3 aromatic rings. The molecule has 0 amide bonds. The molecule has 29 heavy (non-hydrogen) atoms. The normalized spacial score (nSPS) is 13.1. The van der Waals surface area contributed by atoms with E-state index in [4.69, 9.17) is 11.6 Å². The number of alkyl halides is 3. The van der Waals surface area contributed by atoms with Gasteiger partial charge in [-0.25, -0.2) is 17.7 Å². The van der Waals surface area contributed by atoms with Crippen LogP contribution in [0.2, 0.25) is 5.02 Å². The third-order valence-electron chi connectivity index (χ3n) is 4.29. The number of rotatable bonds is 5. The first-order valence-electron chi connectivity index (χ1n) is 8.49. The summed E-state index contributed by atoms with van der Waals surface area (Å²) in [5.74, 6) is -0.278. The predicted molar refractivity (Wildman–Crippen MR) is 105 cm³/mol. The van der Waals surface area contributed by atoms with Crippen LogP contribution in [0.15, 0.2) is 77.8 Å². The van der Waals surface area contributed by atoms with E-state index in [0.717, 1.165) is 4.31 Å². The molecule has 0 fully saturated rings. The van der Waals surface area contributed by atoms with Crippen molar-refractivity contribution in [2.75, 3.05) is 4.31 Å². The third-order valence-corrected chi connectivity index (χ3v) is 6.44. The van der Waals surface area contributed by atoms with Crippen molar-refractivity contribution < 1.29 is 21.6 Å². The molecule has 0 aliphatic heterocycles. The summed E-state index contributed by atoms with van der Waals surface area (Å²) in [5.41, 5.74) is -0.430. The van der Waals surface area contributed by atoms with E-state index < -0.39 is 32.8 Å². The van der Waals surface area contributed by atoms with Crippen molar-refractivity contribution in [1.82, 2.24) is 4.98 Å². The van der Waals surface area contributed by atoms with Crippen LogP contribution < -0.4 is 4.31 Å². The molecule has 9 heteroatoms. The number of anilines is 1. The number of nitrogens with zero attached hydrogens (tertiary/aromatic N) is 2. The van der Waals surface area contributed by atoms with Crippen molar-refractivity contribution in [3.05, 3.63) is 89.1 Å². The van der Waals surface area contributed by atoms with Crippen LogP contribution in [0.1, 0.15) is 24.1 Å². The van der Waals surface area contributed by atoms with Gasteiger partial charge >= 0.3 is 6.18 Å². The van der Waals surface area contributed by atoms with Crippen molar-refractivity contribution in [2.24, 2.45) is 0 Å². The van der Waals surface area contributed by atoms with E-state index in [1.54, 1.807) is 55.5 Å². The van der Waals surface area contributed by atoms with Crippen LogP contribution in [0.3, 0.4) is 0 Å². The molecule has 0 N–H and O–H groups in total. The average molecular weight is 441 g/mol. The number of aromatic nitrogens is 1. The molecule has 152 valence electrons. The number of halogens is 4. The molecule has 3 rings (SSSR count). The number of sulfonamides is 1. The summed E-state index contributed by atoms with van der Waals surface area (Å²) in [6.45, 7) is 1.62. The van der Waals surface area contributed by atoms with E-state index in [9.17, 15) is 21.6 Å². The minimum absolute atomic E-state index is 0.0273. The highest BCUT2D eigenvalue weighted by Crippen LogP contribution is 2.38. The Labute approximate surface area is 171 Å². The van der Waals surface area contributed by atoms with E-state index in [2.05, 4.69) is 4.98 Å². The van der Waals surface area contributed by atoms with Crippen molar-refractivity contribution in [3.8, 4) is 0 Å². The Morgan fingerprint density at radius 2 is 1.55 bits per heavy atom. The first-order chi connectivity index (χ1) is 13.6. The molecule has 1 unspecified atom stereocenters. The molecule has 0 saturated carbocycles. The lowest BCUT2D eigenvalue weighted by Gasteiger charge is -2.30. The number of hydrogen-bond donors (Lipinski definition) is 0. The van der Waals surface area contributed by atoms with Crippen LogP contribution in [0.5, 0.6) is 0 Å². The zero-order chi connectivity index (χ0) is 21.2. The van der Waals surface area contributed by atoms with Gasteiger partial charge in [-0.3, -0.25) is 0 Å². The van der Waals surface area contributed by atoms with Gasteiger partial charge in [0.15, 0.2) is 5.82 Å². The van der Waals surface area contributed by atoms with Gasteiger partial charge in [-0.1, -0.05) is 60.1 Å². The Kier molecular flexibility index (Phi) is 5.86. The van der Waals surface area contributed by atoms with Crippen molar-refractivity contribution >= 4 is 27.4 Å². The molecule has 0 aliphatic rings. The Morgan fingerprint density at radius 1 is 1.00 bits per heavy atom. The lowest BCUT2D eigenvalue weighted by molar-refractivity contribution is -0.137. The molecule has 0 aliphatic carbocycles. The second-order valence-electron chi connectivity index (χ2n) is 6.23. The van der Waals surface area contributed by atoms with Gasteiger partial charge < -0.3 is 0 Å². The van der Waals surface area contributed by atoms with Crippen molar-refractivity contribution in [3.63, 3.8) is 0 Å². The molecule has 0 saturated heterocycles. The summed E-state index contributed by atoms with van der Waals surface area (Å²) in [6, 6.07) is 16.2. The summed E-state index contributed by atoms with van der Waals surface area (Å²) in [7, 11) is -4.17. The molecule has 0 radical (unpaired) electrons. The van der Waals surface area contributed by atoms with Gasteiger partial charge in [-0.2, -0.15) is 13.2 Å². The van der Waals surface area contributed by atoms with Crippen LogP contribution in [0, 0.1) is 0 Å². The third kappa shape index (κ3) is 4.38. The van der Waals surface area contributed by atoms with Gasteiger partial charge in [0.25, 0.3) is 10.0 Å². The maximum Gasteiger partial charge on any atom is 0.417 e. The maximum atomic E-state index is 13.4. The molecule has 1 aromatic heterocycles. The molecule has 0 spiro atoms. The highest BCUT2D eigenvalue weighted by Gasteiger charge is 2.36. The molecule has 1 atom stereocenters. The summed E-state index contributed by atoms with van der Waals surface area (Å²) >= 11 is 6.09. The van der Waals surface area contributed by atoms with Crippen molar-refractivity contribution in [1.29, 1.82) is 0 Å². The van der Waals surface area contributed by atoms with Gasteiger partial charge in [0.05, 0.1) is 21.5 Å². The highest BCUT2D eigenvalue weighted by atomic mass is 35.5. The Hall–Kier alpha value is -2.58. The molecule has 1 heterocycles. The van der Waals surface area contributed by atoms with E-state index in [-0.39, 0.29) is 10.7 Å². The Bertz CT molecular complexity index is 1090. The van der Waals surface area contributed by atoms with Crippen LogP contribution in [0.4, 0.5) is 19.0 Å². The van der Waals surface area contributed by atoms with Gasteiger partial charge in [0.1, 0.15) is 0 Å². The van der Waals surface area contributed by atoms with Crippen LogP contribution in [-0.4, -0.2) is 13.4 Å². The number of benzene rings is 2. The summed E-state index contributed by atoms with van der Waals surface area (Å²) in [5, 5.41) is -0.415. The second-order valence-corrected chi connectivity index (χ2v) is 8.45. The number of hydrogen-bond acceptors (Lipinski definition) is 3. The van der Waals surface area contributed by atoms with Crippen LogP contribution in [-0.2, 0) is 16.2 Å². The molecular formula is C20H16ClF3N2O2S. The molecule has 2 aromatic carbocycles. The minimum atomic E-state index is -4.65. The zero-order valence-electron chi connectivity index (χ0n) is 15.1. The molecular weight excluding hydrogens is 425 g/mol. The standard InChI is InChI=1S/C20H16ClF3N2O2S/c1-14(15-8-4-2-5-9-15)26(29(27,28)17-10-6-3-7-11-17)19-18(21)12-16(13-25-19)20(22,23)24/h2-14H,1H3. The molecule has 4 nitrogen and oxygen atoms in total. The van der Waals surface area contributed by atoms with E-state index in [0.29, 0.717) is 17.8 Å². The highest BCUT2D eigenvalue weighted by molar-refractivity contribution is 7.92. The topological polar surface area (TPSA) is 50.3 Å². The fourth-order valence-corrected chi connectivity index (χ4v) is 4.77. The van der Waals surface area contributed by atoms with Crippen LogP contribution in [0.25, 0.3) is 0 Å². The molecule has 0 bridgehead atoms. The van der Waals surface area contributed by atoms with E-state index in [1.807, 2.05) is 0 Å². The number of pyridine rings is 1. The summed E-state index contributed by atoms with van der Waals surface area (Å²) in [6.07, 6.45) is -4.07. The quantitative estimate of drug-likeness (QED) is 0.510. The maximum absolute atomic E-state index is 13.4. The first-order valence-corrected chi connectivity index (χ1v) is 10.3. The second kappa shape index (κ2) is 8.04. The SMILES string of the molecule is CC(c1ccccc1)N(c1ncc(C(F)(F)F)cc1Cl)S(=O)(=O)c1ccccc1. The Balaban J connectivity index is 2.19. The largest absolute Gasteiger partial charge is 0.417 e. The van der Waals surface area contributed by atoms with Gasteiger partial charge in [0, 0.05) is 6.20 Å². The van der Waals surface area contributed by atoms with Gasteiger partial charge in [0.2, 0.25) is 0 Å². The lowest BCUT2D eigenvalue weighted by Crippen LogP contribution is -2.34. The van der Waals surface area contributed by atoms with Gasteiger partial charge in [-0.15, -0.1) is 0 Å². The first kappa shape index (κ1) is 21.1. The van der Waals surface area contributed by atoms with Crippen LogP contribution >= 0.6 is 11.6 Å². The summed E-state index contributed by atoms with van der Waals surface area (Å²) < 4.78 is 66.7. The monoisotopic (exact) mass is 440 g/mol. The predicted octanol–water partition coefficient (Wildman–Crippen LogP) is 5.71. The van der Waals surface area contributed by atoms with Gasteiger partial charge in [-0.05, 0) is 30.7 Å². The average Bonchev–Trinajstić information content (AvgIpc) is 2.69. The fraction of sp³-hybridized carbons (Fsp3) is 0.150. The van der Waals surface area contributed by atoms with E-state index in [1.165, 1.54) is 12.1 Å². The van der Waals surface area contributed by atoms with Crippen molar-refractivity contribution in [2.45, 2.75) is 24.0 Å². The minimum Gasteiger partial charge on any atom is -0.241 e. The van der Waals surface area contributed by atoms with E-state index >= 15 is 0 Å².